The molecule has 0 radical (unpaired) electrons. The van der Waals surface area contributed by atoms with Crippen LogP contribution in [0.25, 0.3) is 16.9 Å². The van der Waals surface area contributed by atoms with Gasteiger partial charge in [-0.1, -0.05) is 0 Å². The van der Waals surface area contributed by atoms with Gasteiger partial charge >= 0.3 is 0 Å². The van der Waals surface area contributed by atoms with Crippen molar-refractivity contribution in [3.05, 3.63) is 49.1 Å². The van der Waals surface area contributed by atoms with Crippen LogP contribution in [0.2, 0.25) is 0 Å². The van der Waals surface area contributed by atoms with Crippen LogP contribution in [0.3, 0.4) is 0 Å². The molecule has 0 amide bonds. The van der Waals surface area contributed by atoms with Crippen molar-refractivity contribution in [1.29, 1.82) is 0 Å². The first-order valence-corrected chi connectivity index (χ1v) is 4.97. The molecule has 3 aromatic rings. The Kier molecular flexibility index (Phi) is 1.86. The summed E-state index contributed by atoms with van der Waals surface area (Å²) in [6, 6.07) is 7.58. The third-order valence-corrected chi connectivity index (χ3v) is 2.44. The molecule has 0 aliphatic carbocycles. The van der Waals surface area contributed by atoms with Crippen LogP contribution in [0.5, 0.6) is 0 Å². The van der Waals surface area contributed by atoms with Crippen LogP contribution in [0, 0.1) is 0 Å². The quantitative estimate of drug-likeness (QED) is 0.668. The van der Waals surface area contributed by atoms with E-state index in [4.69, 9.17) is 5.73 Å². The highest BCUT2D eigenvalue weighted by Gasteiger charge is 2.03. The van der Waals surface area contributed by atoms with E-state index in [0.29, 0.717) is 0 Å². The van der Waals surface area contributed by atoms with Crippen LogP contribution >= 0.6 is 0 Å². The minimum atomic E-state index is 0.718. The van der Waals surface area contributed by atoms with Crippen molar-refractivity contribution in [1.82, 2.24) is 14.4 Å². The number of hydrogen-bond donors (Lipinski definition) is 1. The van der Waals surface area contributed by atoms with Crippen molar-refractivity contribution in [2.45, 2.75) is 0 Å². The summed E-state index contributed by atoms with van der Waals surface area (Å²) in [7, 11) is 0. The fourth-order valence-corrected chi connectivity index (χ4v) is 1.65. The van der Waals surface area contributed by atoms with Gasteiger partial charge in [-0.25, -0.2) is 4.98 Å². The fraction of sp³-hybridized carbons (Fsp3) is 0. The Morgan fingerprint density at radius 1 is 1.25 bits per heavy atom. The molecule has 3 heterocycles. The summed E-state index contributed by atoms with van der Waals surface area (Å²) in [5.41, 5.74) is 9.18. The van der Waals surface area contributed by atoms with Gasteiger partial charge in [0.15, 0.2) is 0 Å². The van der Waals surface area contributed by atoms with Crippen LogP contribution < -0.4 is 5.73 Å². The van der Waals surface area contributed by atoms with Gasteiger partial charge in [-0.3, -0.25) is 4.98 Å². The number of nitrogens with zero attached hydrogens (tertiary/aromatic N) is 3. The monoisotopic (exact) mass is 210 g/mol. The molecule has 4 nitrogen and oxygen atoms in total. The lowest BCUT2D eigenvalue weighted by molar-refractivity contribution is 1.19. The van der Waals surface area contributed by atoms with Gasteiger partial charge in [-0.2, -0.15) is 0 Å². The smallest absolute Gasteiger partial charge is 0.139 e. The minimum absolute atomic E-state index is 0.718. The molecule has 0 aliphatic rings. The summed E-state index contributed by atoms with van der Waals surface area (Å²) >= 11 is 0. The number of aromatic nitrogens is 3. The molecule has 0 aromatic carbocycles. The highest BCUT2D eigenvalue weighted by Crippen LogP contribution is 2.18. The third-order valence-electron chi connectivity index (χ3n) is 2.44. The normalized spacial score (nSPS) is 10.8. The number of rotatable bonds is 1. The summed E-state index contributed by atoms with van der Waals surface area (Å²) in [6.07, 6.45) is 7.41. The van der Waals surface area contributed by atoms with Gasteiger partial charge in [0.05, 0.1) is 5.69 Å². The fourth-order valence-electron chi connectivity index (χ4n) is 1.65. The van der Waals surface area contributed by atoms with E-state index in [1.165, 1.54) is 0 Å². The first kappa shape index (κ1) is 8.91. The number of imidazole rings is 1. The summed E-state index contributed by atoms with van der Waals surface area (Å²) in [4.78, 5) is 8.56. The van der Waals surface area contributed by atoms with Crippen molar-refractivity contribution in [3.63, 3.8) is 0 Å². The molecule has 0 aliphatic heterocycles. The van der Waals surface area contributed by atoms with Crippen LogP contribution in [0.4, 0.5) is 5.69 Å². The molecular weight excluding hydrogens is 200 g/mol. The zero-order valence-electron chi connectivity index (χ0n) is 8.54. The van der Waals surface area contributed by atoms with Crippen molar-refractivity contribution in [2.24, 2.45) is 0 Å². The largest absolute Gasteiger partial charge is 0.399 e. The summed E-state index contributed by atoms with van der Waals surface area (Å²) in [5.74, 6) is 0. The van der Waals surface area contributed by atoms with Gasteiger partial charge in [-0.05, 0) is 18.2 Å². The van der Waals surface area contributed by atoms with E-state index in [1.54, 1.807) is 12.4 Å². The summed E-state index contributed by atoms with van der Waals surface area (Å²) in [5, 5.41) is 0. The predicted molar refractivity (Wildman–Crippen MR) is 62.8 cm³/mol. The minimum Gasteiger partial charge on any atom is -0.399 e. The van der Waals surface area contributed by atoms with Gasteiger partial charge in [0.25, 0.3) is 0 Å². The molecule has 78 valence electrons. The molecule has 0 saturated heterocycles. The van der Waals surface area contributed by atoms with Crippen molar-refractivity contribution < 1.29 is 0 Å². The summed E-state index contributed by atoms with van der Waals surface area (Å²) in [6.45, 7) is 0. The van der Waals surface area contributed by atoms with Gasteiger partial charge in [0.2, 0.25) is 0 Å². The third kappa shape index (κ3) is 1.40. The molecule has 0 saturated carbocycles. The van der Waals surface area contributed by atoms with E-state index < -0.39 is 0 Å². The molecule has 0 unspecified atom stereocenters. The van der Waals surface area contributed by atoms with Crippen molar-refractivity contribution in [2.75, 3.05) is 5.73 Å². The molecule has 0 fully saturated rings. The van der Waals surface area contributed by atoms with Gasteiger partial charge < -0.3 is 10.1 Å². The lowest BCUT2D eigenvalue weighted by Crippen LogP contribution is -1.87. The Balaban J connectivity index is 2.19. The average Bonchev–Trinajstić information content (AvgIpc) is 2.73. The Labute approximate surface area is 92.4 Å². The number of pyridine rings is 2. The number of fused-ring (bicyclic) bond motifs is 1. The topological polar surface area (TPSA) is 56.2 Å². The molecule has 16 heavy (non-hydrogen) atoms. The lowest BCUT2D eigenvalue weighted by Gasteiger charge is -1.92. The predicted octanol–water partition coefficient (Wildman–Crippen LogP) is 1.98. The Hall–Kier alpha value is -2.36. The van der Waals surface area contributed by atoms with E-state index in [2.05, 4.69) is 9.97 Å². The zero-order valence-corrected chi connectivity index (χ0v) is 8.54. The van der Waals surface area contributed by atoms with Gasteiger partial charge in [-0.15, -0.1) is 0 Å². The van der Waals surface area contributed by atoms with Crippen molar-refractivity contribution in [3.8, 4) is 11.3 Å². The maximum absolute atomic E-state index is 5.71. The molecule has 3 aromatic heterocycles. The van der Waals surface area contributed by atoms with E-state index >= 15 is 0 Å². The second-order valence-electron chi connectivity index (χ2n) is 3.59. The molecule has 0 spiro atoms. The van der Waals surface area contributed by atoms with Crippen LogP contribution in [0.1, 0.15) is 0 Å². The Morgan fingerprint density at radius 2 is 2.19 bits per heavy atom. The van der Waals surface area contributed by atoms with Crippen molar-refractivity contribution >= 4 is 11.3 Å². The van der Waals surface area contributed by atoms with E-state index in [1.807, 2.05) is 41.1 Å². The highest BCUT2D eigenvalue weighted by atomic mass is 15.0. The number of hydrogen-bond acceptors (Lipinski definition) is 3. The van der Waals surface area contributed by atoms with E-state index in [9.17, 15) is 0 Å². The first-order chi connectivity index (χ1) is 7.83. The lowest BCUT2D eigenvalue weighted by atomic mass is 10.2. The summed E-state index contributed by atoms with van der Waals surface area (Å²) < 4.78 is 1.94. The van der Waals surface area contributed by atoms with Crippen LogP contribution in [-0.4, -0.2) is 14.4 Å². The van der Waals surface area contributed by atoms with Crippen LogP contribution in [-0.2, 0) is 0 Å². The first-order valence-electron chi connectivity index (χ1n) is 4.97. The Bertz CT molecular complexity index is 628. The standard InChI is InChI=1S/C12H10N4/c13-10-3-5-16-8-11(15-12(16)6-10)9-2-1-4-14-7-9/h1-8H,13H2. The van der Waals surface area contributed by atoms with Crippen LogP contribution in [0.15, 0.2) is 49.1 Å². The highest BCUT2D eigenvalue weighted by molar-refractivity contribution is 5.63. The molecule has 2 N–H and O–H groups in total. The molecule has 0 bridgehead atoms. The maximum atomic E-state index is 5.71. The zero-order chi connectivity index (χ0) is 11.0. The number of nitrogens with two attached hydrogens (primary N) is 1. The maximum Gasteiger partial charge on any atom is 0.139 e. The average molecular weight is 210 g/mol. The molecule has 4 heteroatoms. The molecular formula is C12H10N4. The van der Waals surface area contributed by atoms with Gasteiger partial charge in [0, 0.05) is 42.1 Å². The van der Waals surface area contributed by atoms with Gasteiger partial charge in [0.1, 0.15) is 5.65 Å². The second-order valence-corrected chi connectivity index (χ2v) is 3.59. The number of anilines is 1. The Morgan fingerprint density at radius 3 is 3.00 bits per heavy atom. The molecule has 3 rings (SSSR count). The molecule has 0 atom stereocenters. The number of nitrogen functional groups attached to an aromatic ring is 1. The second kappa shape index (κ2) is 3.34. The SMILES string of the molecule is Nc1ccn2cc(-c3cccnc3)nc2c1. The van der Waals surface area contributed by atoms with E-state index in [0.717, 1.165) is 22.6 Å². The van der Waals surface area contributed by atoms with E-state index in [-0.39, 0.29) is 0 Å².